The summed E-state index contributed by atoms with van der Waals surface area (Å²) in [7, 11) is -2.33. The summed E-state index contributed by atoms with van der Waals surface area (Å²) in [5, 5.41) is 2.66. The second-order valence-electron chi connectivity index (χ2n) is 6.14. The minimum absolute atomic E-state index is 0. The maximum absolute atomic E-state index is 12.5. The fraction of sp³-hybridized carbons (Fsp3) is 0.278. The molecule has 2 aromatic rings. The van der Waals surface area contributed by atoms with Crippen molar-refractivity contribution in [3.63, 3.8) is 0 Å². The number of methoxy groups -OCH3 is 1. The van der Waals surface area contributed by atoms with E-state index < -0.39 is 22.0 Å². The zero-order valence-electron chi connectivity index (χ0n) is 14.7. The van der Waals surface area contributed by atoms with E-state index in [1.54, 1.807) is 30.3 Å². The fourth-order valence-corrected chi connectivity index (χ4v) is 3.98. The maximum Gasteiger partial charge on any atom is 0.245 e. The van der Waals surface area contributed by atoms with Crippen LogP contribution in [-0.4, -0.2) is 27.5 Å². The highest BCUT2D eigenvalue weighted by Gasteiger charge is 2.30. The Morgan fingerprint density at radius 1 is 1.19 bits per heavy atom. The van der Waals surface area contributed by atoms with Crippen LogP contribution < -0.4 is 20.5 Å². The van der Waals surface area contributed by atoms with Gasteiger partial charge in [0.2, 0.25) is 15.9 Å². The molecule has 2 aromatic carbocycles. The number of amides is 1. The van der Waals surface area contributed by atoms with Crippen molar-refractivity contribution in [2.75, 3.05) is 12.4 Å². The van der Waals surface area contributed by atoms with Crippen LogP contribution in [0.25, 0.3) is 0 Å². The van der Waals surface area contributed by atoms with Gasteiger partial charge in [0.15, 0.2) is 0 Å². The summed E-state index contributed by atoms with van der Waals surface area (Å²) in [6, 6.07) is 12.5. The summed E-state index contributed by atoms with van der Waals surface area (Å²) in [6.07, 6.45) is 1.65. The van der Waals surface area contributed by atoms with E-state index in [0.717, 1.165) is 12.8 Å². The number of rotatable bonds is 7. The van der Waals surface area contributed by atoms with Crippen LogP contribution in [0.5, 0.6) is 5.75 Å². The van der Waals surface area contributed by atoms with Crippen molar-refractivity contribution in [1.29, 1.82) is 0 Å². The number of benzene rings is 2. The van der Waals surface area contributed by atoms with E-state index >= 15 is 0 Å². The summed E-state index contributed by atoms with van der Waals surface area (Å²) in [4.78, 5) is 12.4. The van der Waals surface area contributed by atoms with Gasteiger partial charge in [0.25, 0.3) is 0 Å². The number of halogens is 1. The van der Waals surface area contributed by atoms with Gasteiger partial charge in [-0.25, -0.2) is 13.1 Å². The average molecular weight is 412 g/mol. The van der Waals surface area contributed by atoms with Crippen molar-refractivity contribution in [1.82, 2.24) is 4.72 Å². The molecule has 0 aromatic heterocycles. The van der Waals surface area contributed by atoms with Crippen molar-refractivity contribution >= 4 is 34.0 Å². The van der Waals surface area contributed by atoms with Crippen LogP contribution in [0.15, 0.2) is 53.4 Å². The average Bonchev–Trinajstić information content (AvgIpc) is 3.45. The van der Waals surface area contributed by atoms with Crippen LogP contribution in [0.3, 0.4) is 0 Å². The molecule has 0 radical (unpaired) electrons. The van der Waals surface area contributed by atoms with Gasteiger partial charge in [-0.15, -0.1) is 12.4 Å². The van der Waals surface area contributed by atoms with E-state index in [9.17, 15) is 13.2 Å². The maximum atomic E-state index is 12.5. The molecule has 9 heteroatoms. The SMILES string of the molecule is COc1ccc(NC(=O)C(N)c2ccccc2)cc1S(=O)(=O)NC1CC1.Cl. The molecular weight excluding hydrogens is 390 g/mol. The normalized spacial score (nSPS) is 14.7. The lowest BCUT2D eigenvalue weighted by atomic mass is 10.1. The molecule has 1 atom stereocenters. The lowest BCUT2D eigenvalue weighted by Gasteiger charge is -2.15. The highest BCUT2D eigenvalue weighted by atomic mass is 35.5. The van der Waals surface area contributed by atoms with Crippen molar-refractivity contribution in [2.24, 2.45) is 5.73 Å². The van der Waals surface area contributed by atoms with Crippen molar-refractivity contribution < 1.29 is 17.9 Å². The van der Waals surface area contributed by atoms with Gasteiger partial charge in [0.1, 0.15) is 16.7 Å². The summed E-state index contributed by atoms with van der Waals surface area (Å²) < 4.78 is 32.8. The molecule has 1 unspecified atom stereocenters. The number of nitrogens with one attached hydrogen (secondary N) is 2. The molecule has 4 N–H and O–H groups in total. The standard InChI is InChI=1S/C18H21N3O4S.ClH/c1-25-15-10-9-14(11-16(15)26(23,24)21-13-7-8-13)20-18(22)17(19)12-5-3-2-4-6-12;/h2-6,9-11,13,17,21H,7-8,19H2,1H3,(H,20,22);1H. The number of sulfonamides is 1. The van der Waals surface area contributed by atoms with Gasteiger partial charge in [-0.2, -0.15) is 0 Å². The first-order valence-corrected chi connectivity index (χ1v) is 9.71. The lowest BCUT2D eigenvalue weighted by molar-refractivity contribution is -0.117. The molecular formula is C18H22ClN3O4S. The summed E-state index contributed by atoms with van der Waals surface area (Å²) in [6.45, 7) is 0. The van der Waals surface area contributed by atoms with Crippen molar-refractivity contribution in [3.8, 4) is 5.75 Å². The Morgan fingerprint density at radius 2 is 1.85 bits per heavy atom. The number of ether oxygens (including phenoxy) is 1. The van der Waals surface area contributed by atoms with Gasteiger partial charge in [-0.1, -0.05) is 30.3 Å². The van der Waals surface area contributed by atoms with E-state index in [1.807, 2.05) is 6.07 Å². The Hall–Kier alpha value is -2.13. The quantitative estimate of drug-likeness (QED) is 0.646. The van der Waals surface area contributed by atoms with Crippen LogP contribution in [0.1, 0.15) is 24.4 Å². The van der Waals surface area contributed by atoms with Gasteiger partial charge in [0, 0.05) is 11.7 Å². The number of nitrogens with two attached hydrogens (primary N) is 1. The molecule has 1 aliphatic carbocycles. The van der Waals surface area contributed by atoms with Crippen LogP contribution in [-0.2, 0) is 14.8 Å². The molecule has 0 saturated heterocycles. The fourth-order valence-electron chi connectivity index (χ4n) is 2.48. The zero-order valence-corrected chi connectivity index (χ0v) is 16.3. The first-order valence-electron chi connectivity index (χ1n) is 8.22. The zero-order chi connectivity index (χ0) is 18.7. The second kappa shape index (κ2) is 8.71. The van der Waals surface area contributed by atoms with Crippen LogP contribution in [0.4, 0.5) is 5.69 Å². The van der Waals surface area contributed by atoms with E-state index in [2.05, 4.69) is 10.0 Å². The van der Waals surface area contributed by atoms with Gasteiger partial charge in [-0.3, -0.25) is 4.79 Å². The second-order valence-corrected chi connectivity index (χ2v) is 7.82. The number of carbonyl (C=O) groups excluding carboxylic acids is 1. The van der Waals surface area contributed by atoms with Crippen molar-refractivity contribution in [2.45, 2.75) is 29.8 Å². The smallest absolute Gasteiger partial charge is 0.245 e. The molecule has 7 nitrogen and oxygen atoms in total. The summed E-state index contributed by atoms with van der Waals surface area (Å²) in [5.74, 6) is -0.219. The Labute approximate surface area is 164 Å². The Kier molecular flexibility index (Phi) is 6.83. The first-order chi connectivity index (χ1) is 12.4. The molecule has 1 aliphatic rings. The lowest BCUT2D eigenvalue weighted by Crippen LogP contribution is -2.28. The third-order valence-corrected chi connectivity index (χ3v) is 5.60. The van der Waals surface area contributed by atoms with Crippen LogP contribution in [0, 0.1) is 0 Å². The molecule has 1 amide bonds. The molecule has 3 rings (SSSR count). The van der Waals surface area contributed by atoms with E-state index in [0.29, 0.717) is 11.3 Å². The third kappa shape index (κ3) is 5.20. The van der Waals surface area contributed by atoms with Gasteiger partial charge in [-0.05, 0) is 36.6 Å². The van der Waals surface area contributed by atoms with Crippen molar-refractivity contribution in [3.05, 3.63) is 54.1 Å². The topological polar surface area (TPSA) is 111 Å². The Morgan fingerprint density at radius 3 is 2.44 bits per heavy atom. The molecule has 146 valence electrons. The predicted octanol–water partition coefficient (Wildman–Crippen LogP) is 2.20. The highest BCUT2D eigenvalue weighted by molar-refractivity contribution is 7.89. The first kappa shape index (κ1) is 21.2. The largest absolute Gasteiger partial charge is 0.495 e. The molecule has 0 spiro atoms. The number of carbonyl (C=O) groups is 1. The van der Waals surface area contributed by atoms with E-state index in [4.69, 9.17) is 10.5 Å². The Balaban J connectivity index is 0.00000261. The highest BCUT2D eigenvalue weighted by Crippen LogP contribution is 2.30. The monoisotopic (exact) mass is 411 g/mol. The third-order valence-electron chi connectivity index (χ3n) is 4.06. The summed E-state index contributed by atoms with van der Waals surface area (Å²) in [5.41, 5.74) is 6.97. The number of hydrogen-bond acceptors (Lipinski definition) is 5. The van der Waals surface area contributed by atoms with Gasteiger partial charge >= 0.3 is 0 Å². The van der Waals surface area contributed by atoms with E-state index in [-0.39, 0.29) is 29.1 Å². The molecule has 0 bridgehead atoms. The molecule has 0 aliphatic heterocycles. The molecule has 0 heterocycles. The van der Waals surface area contributed by atoms with Gasteiger partial charge in [0.05, 0.1) is 7.11 Å². The predicted molar refractivity (Wildman–Crippen MR) is 106 cm³/mol. The number of hydrogen-bond donors (Lipinski definition) is 3. The Bertz CT molecular complexity index is 902. The molecule has 27 heavy (non-hydrogen) atoms. The van der Waals surface area contributed by atoms with Crippen LogP contribution in [0.2, 0.25) is 0 Å². The van der Waals surface area contributed by atoms with E-state index in [1.165, 1.54) is 19.2 Å². The molecule has 1 saturated carbocycles. The number of anilines is 1. The van der Waals surface area contributed by atoms with Gasteiger partial charge < -0.3 is 15.8 Å². The minimum Gasteiger partial charge on any atom is -0.495 e. The summed E-state index contributed by atoms with van der Waals surface area (Å²) >= 11 is 0. The van der Waals surface area contributed by atoms with Crippen LogP contribution >= 0.6 is 12.4 Å². The molecule has 1 fully saturated rings. The minimum atomic E-state index is -3.73.